The Morgan fingerprint density at radius 2 is 1.88 bits per heavy atom. The summed E-state index contributed by atoms with van der Waals surface area (Å²) in [7, 11) is -3.15. The minimum Gasteiger partial charge on any atom is -0.452 e. The Morgan fingerprint density at radius 3 is 2.47 bits per heavy atom. The monoisotopic (exact) mass is 464 g/mol. The van der Waals surface area contributed by atoms with Crippen LogP contribution in [0, 0.1) is 5.92 Å². The van der Waals surface area contributed by atoms with Gasteiger partial charge in [-0.3, -0.25) is 19.3 Å². The fraction of sp³-hybridized carbons (Fsp3) is 0.545. The largest absolute Gasteiger partial charge is 0.452 e. The van der Waals surface area contributed by atoms with E-state index in [2.05, 4.69) is 0 Å². The van der Waals surface area contributed by atoms with Crippen molar-refractivity contribution in [2.45, 2.75) is 39.7 Å². The second kappa shape index (κ2) is 9.40. The number of ether oxygens (including phenoxy) is 1. The molecule has 1 aromatic rings. The summed E-state index contributed by atoms with van der Waals surface area (Å²) < 4.78 is 28.5. The summed E-state index contributed by atoms with van der Waals surface area (Å²) in [6.45, 7) is 5.81. The van der Waals surface area contributed by atoms with Crippen molar-refractivity contribution in [1.29, 1.82) is 0 Å². The Labute approximate surface area is 187 Å². The van der Waals surface area contributed by atoms with Crippen LogP contribution in [0.25, 0.3) is 0 Å². The van der Waals surface area contributed by atoms with E-state index in [-0.39, 0.29) is 34.1 Å². The first-order valence-electron chi connectivity index (χ1n) is 10.7. The van der Waals surface area contributed by atoms with Crippen LogP contribution in [0.15, 0.2) is 18.2 Å². The van der Waals surface area contributed by atoms with Crippen molar-refractivity contribution in [3.05, 3.63) is 34.9 Å². The number of likely N-dealkylation sites (N-methyl/N-ethyl adjacent to an activating group) is 1. The number of imide groups is 1. The summed E-state index contributed by atoms with van der Waals surface area (Å²) in [6.07, 6.45) is 1.04. The highest BCUT2D eigenvalue weighted by Crippen LogP contribution is 2.25. The molecule has 0 spiro atoms. The van der Waals surface area contributed by atoms with Gasteiger partial charge in [-0.2, -0.15) is 0 Å². The fourth-order valence-electron chi connectivity index (χ4n) is 3.96. The van der Waals surface area contributed by atoms with Crippen LogP contribution < -0.4 is 0 Å². The molecule has 0 bridgehead atoms. The summed E-state index contributed by atoms with van der Waals surface area (Å²) >= 11 is 0. The smallest absolute Gasteiger partial charge is 0.338 e. The number of rotatable bonds is 8. The Kier molecular flexibility index (Phi) is 7.02. The number of carbonyl (C=O) groups excluding carboxylic acids is 4. The van der Waals surface area contributed by atoms with Crippen LogP contribution in [0.2, 0.25) is 0 Å². The average Bonchev–Trinajstić information content (AvgIpc) is 3.21. The van der Waals surface area contributed by atoms with E-state index in [1.54, 1.807) is 6.92 Å². The number of esters is 1. The average molecular weight is 465 g/mol. The molecule has 0 N–H and O–H groups in total. The fourth-order valence-corrected chi connectivity index (χ4v) is 5.69. The van der Waals surface area contributed by atoms with Crippen LogP contribution in [0.4, 0.5) is 0 Å². The van der Waals surface area contributed by atoms with E-state index in [0.717, 1.165) is 0 Å². The number of amides is 3. The molecule has 0 radical (unpaired) electrons. The molecular weight excluding hydrogens is 436 g/mol. The first-order chi connectivity index (χ1) is 15.0. The predicted molar refractivity (Wildman–Crippen MR) is 116 cm³/mol. The van der Waals surface area contributed by atoms with E-state index in [1.807, 2.05) is 13.8 Å². The second-order valence-corrected chi connectivity index (χ2v) is 10.7. The molecule has 2 aliphatic heterocycles. The molecule has 1 aromatic carbocycles. The van der Waals surface area contributed by atoms with Gasteiger partial charge in [0.15, 0.2) is 16.4 Å². The molecule has 1 unspecified atom stereocenters. The van der Waals surface area contributed by atoms with E-state index in [4.69, 9.17) is 4.74 Å². The lowest BCUT2D eigenvalue weighted by Crippen LogP contribution is -2.43. The van der Waals surface area contributed by atoms with Crippen LogP contribution >= 0.6 is 0 Å². The number of fused-ring (bicyclic) bond motifs is 1. The van der Waals surface area contributed by atoms with Crippen molar-refractivity contribution in [3.63, 3.8) is 0 Å². The molecule has 1 saturated heterocycles. The molecule has 174 valence electrons. The van der Waals surface area contributed by atoms with Crippen molar-refractivity contribution in [2.75, 3.05) is 31.2 Å². The topological polar surface area (TPSA) is 118 Å². The summed E-state index contributed by atoms with van der Waals surface area (Å²) in [6, 6.07) is 3.71. The number of benzene rings is 1. The van der Waals surface area contributed by atoms with E-state index >= 15 is 0 Å². The van der Waals surface area contributed by atoms with E-state index in [9.17, 15) is 27.6 Å². The first kappa shape index (κ1) is 23.9. The second-order valence-electron chi connectivity index (χ2n) is 8.52. The number of hydrogen-bond donors (Lipinski definition) is 0. The van der Waals surface area contributed by atoms with Crippen LogP contribution in [0.5, 0.6) is 0 Å². The van der Waals surface area contributed by atoms with Crippen molar-refractivity contribution < 1.29 is 32.3 Å². The zero-order valence-corrected chi connectivity index (χ0v) is 19.3. The van der Waals surface area contributed by atoms with Gasteiger partial charge < -0.3 is 9.64 Å². The van der Waals surface area contributed by atoms with Gasteiger partial charge in [0.05, 0.1) is 28.2 Å². The molecule has 0 aliphatic carbocycles. The lowest BCUT2D eigenvalue weighted by atomic mass is 10.1. The molecule has 9 nitrogen and oxygen atoms in total. The first-order valence-corrected chi connectivity index (χ1v) is 12.5. The van der Waals surface area contributed by atoms with Gasteiger partial charge in [-0.15, -0.1) is 0 Å². The number of carbonyl (C=O) groups is 4. The molecule has 1 fully saturated rings. The number of sulfone groups is 1. The number of hydrogen-bond acceptors (Lipinski definition) is 7. The maximum atomic E-state index is 12.6. The quantitative estimate of drug-likeness (QED) is 0.423. The van der Waals surface area contributed by atoms with Gasteiger partial charge in [-0.1, -0.05) is 13.8 Å². The van der Waals surface area contributed by atoms with E-state index in [0.29, 0.717) is 31.8 Å². The third-order valence-corrected chi connectivity index (χ3v) is 7.52. The maximum absolute atomic E-state index is 12.6. The van der Waals surface area contributed by atoms with E-state index in [1.165, 1.54) is 28.0 Å². The number of nitrogens with zero attached hydrogens (tertiary/aromatic N) is 2. The van der Waals surface area contributed by atoms with Crippen molar-refractivity contribution in [3.8, 4) is 0 Å². The Bertz CT molecular complexity index is 1050. The molecular formula is C22H28N2O7S. The lowest BCUT2D eigenvalue weighted by Gasteiger charge is -2.26. The third kappa shape index (κ3) is 5.01. The van der Waals surface area contributed by atoms with Gasteiger partial charge in [-0.25, -0.2) is 13.2 Å². The standard InChI is InChI=1S/C22H28N2O7S/c1-4-23(16-8-10-32(29,30)13-16)19(25)12-31-22(28)15-5-6-17-18(11-15)21(27)24(20(17)26)9-7-14(2)3/h5-6,11,14,16H,4,7-10,12-13H2,1-3H3. The normalized spacial score (nSPS) is 19.4. The minimum absolute atomic E-state index is 0.0390. The SMILES string of the molecule is CCN(C(=O)COC(=O)c1ccc2c(c1)C(=O)N(CCC(C)C)C2=O)C1CCS(=O)(=O)C1. The maximum Gasteiger partial charge on any atom is 0.338 e. The van der Waals surface area contributed by atoms with Crippen LogP contribution in [0.1, 0.15) is 64.7 Å². The summed E-state index contributed by atoms with van der Waals surface area (Å²) in [5.41, 5.74) is 0.451. The summed E-state index contributed by atoms with van der Waals surface area (Å²) in [4.78, 5) is 52.7. The zero-order chi connectivity index (χ0) is 23.6. The van der Waals surface area contributed by atoms with Crippen molar-refractivity contribution >= 4 is 33.5 Å². The van der Waals surface area contributed by atoms with Crippen LogP contribution in [-0.4, -0.2) is 79.2 Å². The molecule has 3 amide bonds. The Morgan fingerprint density at radius 1 is 1.19 bits per heavy atom. The Hall–Kier alpha value is -2.75. The third-order valence-electron chi connectivity index (χ3n) is 5.77. The van der Waals surface area contributed by atoms with Gasteiger partial charge in [0.25, 0.3) is 17.7 Å². The van der Waals surface area contributed by atoms with Crippen molar-refractivity contribution in [2.24, 2.45) is 5.92 Å². The molecule has 32 heavy (non-hydrogen) atoms. The van der Waals surface area contributed by atoms with Gasteiger partial charge in [-0.05, 0) is 43.9 Å². The van der Waals surface area contributed by atoms with Gasteiger partial charge in [0.1, 0.15) is 0 Å². The van der Waals surface area contributed by atoms with Gasteiger partial charge >= 0.3 is 5.97 Å². The summed E-state index contributed by atoms with van der Waals surface area (Å²) in [5, 5.41) is 0. The minimum atomic E-state index is -3.15. The van der Waals surface area contributed by atoms with Crippen LogP contribution in [-0.2, 0) is 19.4 Å². The highest BCUT2D eigenvalue weighted by molar-refractivity contribution is 7.91. The molecule has 1 atom stereocenters. The molecule has 10 heteroatoms. The highest BCUT2D eigenvalue weighted by Gasteiger charge is 2.36. The molecule has 2 aliphatic rings. The van der Waals surface area contributed by atoms with Gasteiger partial charge in [0.2, 0.25) is 0 Å². The van der Waals surface area contributed by atoms with E-state index < -0.39 is 40.3 Å². The summed E-state index contributed by atoms with van der Waals surface area (Å²) in [5.74, 6) is -1.82. The lowest BCUT2D eigenvalue weighted by molar-refractivity contribution is -0.136. The van der Waals surface area contributed by atoms with Gasteiger partial charge in [0, 0.05) is 19.1 Å². The predicted octanol–water partition coefficient (Wildman–Crippen LogP) is 1.52. The van der Waals surface area contributed by atoms with Crippen molar-refractivity contribution in [1.82, 2.24) is 9.80 Å². The molecule has 0 aromatic heterocycles. The molecule has 0 saturated carbocycles. The molecule has 3 rings (SSSR count). The van der Waals surface area contributed by atoms with Crippen LogP contribution in [0.3, 0.4) is 0 Å². The molecule has 2 heterocycles. The Balaban J connectivity index is 1.64. The highest BCUT2D eigenvalue weighted by atomic mass is 32.2. The zero-order valence-electron chi connectivity index (χ0n) is 18.5.